The molecule has 0 heterocycles. The summed E-state index contributed by atoms with van der Waals surface area (Å²) in [6.07, 6.45) is 0. The van der Waals surface area contributed by atoms with Gasteiger partial charge in [0, 0.05) is 5.02 Å². The zero-order chi connectivity index (χ0) is 17.0. The van der Waals surface area contributed by atoms with Crippen molar-refractivity contribution in [1.29, 1.82) is 0 Å². The highest BCUT2D eigenvalue weighted by atomic mass is 35.5. The van der Waals surface area contributed by atoms with Gasteiger partial charge in [-0.1, -0.05) is 35.3 Å². The van der Waals surface area contributed by atoms with Crippen LogP contribution in [-0.4, -0.2) is 21.5 Å². The fourth-order valence-corrected chi connectivity index (χ4v) is 3.41. The molecule has 0 saturated heterocycles. The lowest BCUT2D eigenvalue weighted by Crippen LogP contribution is -2.16. The summed E-state index contributed by atoms with van der Waals surface area (Å²) in [6, 6.07) is 10.7. The summed E-state index contributed by atoms with van der Waals surface area (Å²) in [5.74, 6) is -0.831. The Morgan fingerprint density at radius 2 is 1.78 bits per heavy atom. The van der Waals surface area contributed by atoms with Gasteiger partial charge < -0.3 is 4.74 Å². The highest BCUT2D eigenvalue weighted by Crippen LogP contribution is 2.25. The third kappa shape index (κ3) is 4.86. The van der Waals surface area contributed by atoms with Crippen molar-refractivity contribution in [1.82, 2.24) is 0 Å². The first-order valence-corrected chi connectivity index (χ1v) is 8.84. The van der Waals surface area contributed by atoms with Gasteiger partial charge in [-0.2, -0.15) is 0 Å². The Hall–Kier alpha value is -1.76. The van der Waals surface area contributed by atoms with E-state index in [1.807, 2.05) is 0 Å². The van der Waals surface area contributed by atoms with Gasteiger partial charge in [0.05, 0.1) is 29.1 Å². The molecule has 0 aliphatic carbocycles. The van der Waals surface area contributed by atoms with Crippen LogP contribution in [0.25, 0.3) is 0 Å². The number of anilines is 1. The van der Waals surface area contributed by atoms with E-state index in [-0.39, 0.29) is 22.0 Å². The first kappa shape index (κ1) is 17.6. The number of halogens is 2. The lowest BCUT2D eigenvalue weighted by Gasteiger charge is -2.11. The topological polar surface area (TPSA) is 72.5 Å². The molecule has 0 amide bonds. The summed E-state index contributed by atoms with van der Waals surface area (Å²) in [4.78, 5) is 11.5. The Morgan fingerprint density at radius 1 is 1.13 bits per heavy atom. The molecule has 1 N–H and O–H groups in total. The van der Waals surface area contributed by atoms with Crippen LogP contribution in [0.15, 0.2) is 42.5 Å². The average molecular weight is 374 g/mol. The van der Waals surface area contributed by atoms with E-state index >= 15 is 0 Å². The Labute approximate surface area is 144 Å². The number of methoxy groups -OCH3 is 1. The number of carbonyl (C=O) groups is 1. The van der Waals surface area contributed by atoms with Gasteiger partial charge in [0.25, 0.3) is 0 Å². The van der Waals surface area contributed by atoms with Gasteiger partial charge in [0.2, 0.25) is 10.0 Å². The SMILES string of the molecule is COC(=O)c1ccc(Cl)c(NS(=O)(=O)Cc2ccc(Cl)cc2)c1. The molecule has 122 valence electrons. The molecule has 0 fully saturated rings. The first-order chi connectivity index (χ1) is 10.8. The second-order valence-electron chi connectivity index (χ2n) is 4.67. The van der Waals surface area contributed by atoms with E-state index in [4.69, 9.17) is 23.2 Å². The Kier molecular flexibility index (Phi) is 5.51. The molecule has 0 atom stereocenters. The molecule has 2 aromatic rings. The van der Waals surface area contributed by atoms with Gasteiger partial charge in [-0.3, -0.25) is 4.72 Å². The normalized spacial score (nSPS) is 11.1. The van der Waals surface area contributed by atoms with Crippen LogP contribution in [0.4, 0.5) is 5.69 Å². The van der Waals surface area contributed by atoms with E-state index in [1.165, 1.54) is 25.3 Å². The van der Waals surface area contributed by atoms with E-state index < -0.39 is 16.0 Å². The monoisotopic (exact) mass is 373 g/mol. The summed E-state index contributed by atoms with van der Waals surface area (Å²) < 4.78 is 31.4. The van der Waals surface area contributed by atoms with Crippen molar-refractivity contribution < 1.29 is 17.9 Å². The number of rotatable bonds is 5. The van der Waals surface area contributed by atoms with Crippen molar-refractivity contribution in [3.63, 3.8) is 0 Å². The van der Waals surface area contributed by atoms with Gasteiger partial charge in [-0.15, -0.1) is 0 Å². The minimum Gasteiger partial charge on any atom is -0.465 e. The second-order valence-corrected chi connectivity index (χ2v) is 7.24. The van der Waals surface area contributed by atoms with Crippen molar-refractivity contribution in [2.45, 2.75) is 5.75 Å². The molecule has 0 radical (unpaired) electrons. The van der Waals surface area contributed by atoms with Gasteiger partial charge in [-0.25, -0.2) is 13.2 Å². The second kappa shape index (κ2) is 7.21. The molecule has 0 aliphatic rings. The van der Waals surface area contributed by atoms with Crippen LogP contribution in [0.1, 0.15) is 15.9 Å². The minimum atomic E-state index is -3.70. The summed E-state index contributed by atoms with van der Waals surface area (Å²) in [6.45, 7) is 0. The lowest BCUT2D eigenvalue weighted by molar-refractivity contribution is 0.0601. The van der Waals surface area contributed by atoms with Crippen molar-refractivity contribution in [2.75, 3.05) is 11.8 Å². The quantitative estimate of drug-likeness (QED) is 0.810. The highest BCUT2D eigenvalue weighted by molar-refractivity contribution is 7.91. The fraction of sp³-hybridized carbons (Fsp3) is 0.133. The van der Waals surface area contributed by atoms with Crippen molar-refractivity contribution in [3.8, 4) is 0 Å². The molecule has 8 heteroatoms. The van der Waals surface area contributed by atoms with Gasteiger partial charge >= 0.3 is 5.97 Å². The predicted octanol–water partition coefficient (Wildman–Crippen LogP) is 3.72. The van der Waals surface area contributed by atoms with Crippen LogP contribution in [-0.2, 0) is 20.5 Å². The van der Waals surface area contributed by atoms with E-state index in [9.17, 15) is 13.2 Å². The number of carbonyl (C=O) groups excluding carboxylic acids is 1. The van der Waals surface area contributed by atoms with Crippen LogP contribution in [0.2, 0.25) is 10.0 Å². The van der Waals surface area contributed by atoms with Crippen molar-refractivity contribution in [2.24, 2.45) is 0 Å². The Balaban J connectivity index is 2.22. The summed E-state index contributed by atoms with van der Waals surface area (Å²) in [7, 11) is -2.46. The van der Waals surface area contributed by atoms with E-state index in [0.717, 1.165) is 0 Å². The Bertz CT molecular complexity index is 820. The maximum absolute atomic E-state index is 12.2. The molecule has 2 aromatic carbocycles. The zero-order valence-corrected chi connectivity index (χ0v) is 14.4. The predicted molar refractivity (Wildman–Crippen MR) is 90.5 cm³/mol. The molecule has 5 nitrogen and oxygen atoms in total. The molecule has 0 bridgehead atoms. The molecule has 0 saturated carbocycles. The number of esters is 1. The van der Waals surface area contributed by atoms with Gasteiger partial charge in [-0.05, 0) is 35.9 Å². The smallest absolute Gasteiger partial charge is 0.337 e. The lowest BCUT2D eigenvalue weighted by atomic mass is 10.2. The highest BCUT2D eigenvalue weighted by Gasteiger charge is 2.16. The molecule has 2 rings (SSSR count). The van der Waals surface area contributed by atoms with Crippen LogP contribution in [0.3, 0.4) is 0 Å². The summed E-state index contributed by atoms with van der Waals surface area (Å²) >= 11 is 11.7. The van der Waals surface area contributed by atoms with Crippen LogP contribution in [0, 0.1) is 0 Å². The van der Waals surface area contributed by atoms with Crippen LogP contribution < -0.4 is 4.72 Å². The average Bonchev–Trinajstić information content (AvgIpc) is 2.50. The number of hydrogen-bond acceptors (Lipinski definition) is 4. The van der Waals surface area contributed by atoms with E-state index in [2.05, 4.69) is 9.46 Å². The molecule has 0 aliphatic heterocycles. The molecular formula is C15H13Cl2NO4S. The number of benzene rings is 2. The number of hydrogen-bond donors (Lipinski definition) is 1. The Morgan fingerprint density at radius 3 is 2.39 bits per heavy atom. The molecule has 0 spiro atoms. The van der Waals surface area contributed by atoms with Gasteiger partial charge in [0.15, 0.2) is 0 Å². The maximum Gasteiger partial charge on any atom is 0.337 e. The zero-order valence-electron chi connectivity index (χ0n) is 12.0. The van der Waals surface area contributed by atoms with Crippen molar-refractivity contribution >= 4 is 44.9 Å². The third-order valence-electron chi connectivity index (χ3n) is 2.92. The minimum absolute atomic E-state index is 0.114. The third-order valence-corrected chi connectivity index (χ3v) is 4.75. The van der Waals surface area contributed by atoms with E-state index in [1.54, 1.807) is 24.3 Å². The molecule has 0 aromatic heterocycles. The summed E-state index contributed by atoms with van der Waals surface area (Å²) in [5.41, 5.74) is 0.881. The van der Waals surface area contributed by atoms with Gasteiger partial charge in [0.1, 0.15) is 0 Å². The molecule has 0 unspecified atom stereocenters. The number of ether oxygens (including phenoxy) is 1. The summed E-state index contributed by atoms with van der Waals surface area (Å²) in [5, 5.41) is 0.699. The first-order valence-electron chi connectivity index (χ1n) is 6.43. The van der Waals surface area contributed by atoms with Crippen LogP contribution in [0.5, 0.6) is 0 Å². The number of sulfonamides is 1. The van der Waals surface area contributed by atoms with Crippen molar-refractivity contribution in [3.05, 3.63) is 63.6 Å². The van der Waals surface area contributed by atoms with E-state index in [0.29, 0.717) is 10.6 Å². The largest absolute Gasteiger partial charge is 0.465 e. The molecular weight excluding hydrogens is 361 g/mol. The fourth-order valence-electron chi connectivity index (χ4n) is 1.85. The number of nitrogens with one attached hydrogen (secondary N) is 1. The molecule has 23 heavy (non-hydrogen) atoms. The van der Waals surface area contributed by atoms with Crippen LogP contribution >= 0.6 is 23.2 Å². The maximum atomic E-state index is 12.2. The standard InChI is InChI=1S/C15H13Cl2NO4S/c1-22-15(19)11-4-7-13(17)14(8-11)18-23(20,21)9-10-2-5-12(16)6-3-10/h2-8,18H,9H2,1H3.